The van der Waals surface area contributed by atoms with Crippen LogP contribution in [0.1, 0.15) is 45.4 Å². The van der Waals surface area contributed by atoms with Crippen LogP contribution in [0.4, 0.5) is 0 Å². The maximum atomic E-state index is 9.45. The van der Waals surface area contributed by atoms with Crippen molar-refractivity contribution in [1.29, 1.82) is 0 Å². The van der Waals surface area contributed by atoms with Crippen LogP contribution < -0.4 is 5.73 Å². The molecule has 18 heavy (non-hydrogen) atoms. The fourth-order valence-corrected chi connectivity index (χ4v) is 2.26. The fourth-order valence-electron chi connectivity index (χ4n) is 2.26. The monoisotopic (exact) mass is 253 g/mol. The first-order valence-electron chi connectivity index (χ1n) is 6.91. The van der Waals surface area contributed by atoms with Crippen molar-refractivity contribution < 1.29 is 9.84 Å². The number of allylic oxidation sites excluding steroid dienone is 3. The number of hydrogen-bond donors (Lipinski definition) is 2. The topological polar surface area (TPSA) is 55.5 Å². The van der Waals surface area contributed by atoms with Crippen molar-refractivity contribution >= 4 is 0 Å². The summed E-state index contributed by atoms with van der Waals surface area (Å²) < 4.78 is 5.82. The van der Waals surface area contributed by atoms with Gasteiger partial charge in [0.2, 0.25) is 0 Å². The molecule has 1 unspecified atom stereocenters. The molecule has 0 aliphatic heterocycles. The van der Waals surface area contributed by atoms with Crippen LogP contribution in [0, 0.1) is 0 Å². The van der Waals surface area contributed by atoms with Gasteiger partial charge in [0.05, 0.1) is 24.9 Å². The lowest BCUT2D eigenvalue weighted by Gasteiger charge is -2.28. The lowest BCUT2D eigenvalue weighted by Crippen LogP contribution is -2.48. The Kier molecular flexibility index (Phi) is 6.61. The third-order valence-corrected chi connectivity index (χ3v) is 3.57. The smallest absolute Gasteiger partial charge is 0.0672 e. The van der Waals surface area contributed by atoms with Crippen LogP contribution in [0.2, 0.25) is 0 Å². The number of aliphatic hydroxyl groups is 1. The van der Waals surface area contributed by atoms with Gasteiger partial charge in [0, 0.05) is 0 Å². The summed E-state index contributed by atoms with van der Waals surface area (Å²) in [7, 11) is 0. The summed E-state index contributed by atoms with van der Waals surface area (Å²) in [6.07, 6.45) is 10.6. The van der Waals surface area contributed by atoms with E-state index in [-0.39, 0.29) is 6.61 Å². The Bertz CT molecular complexity index is 282. The van der Waals surface area contributed by atoms with Gasteiger partial charge in [-0.2, -0.15) is 0 Å². The molecule has 3 nitrogen and oxygen atoms in total. The van der Waals surface area contributed by atoms with Gasteiger partial charge in [-0.3, -0.25) is 0 Å². The van der Waals surface area contributed by atoms with Crippen molar-refractivity contribution in [1.82, 2.24) is 0 Å². The second-order valence-corrected chi connectivity index (χ2v) is 5.40. The number of ether oxygens (including phenoxy) is 1. The van der Waals surface area contributed by atoms with Crippen LogP contribution in [0.5, 0.6) is 0 Å². The maximum absolute atomic E-state index is 9.45. The normalized spacial score (nSPS) is 20.4. The van der Waals surface area contributed by atoms with E-state index in [4.69, 9.17) is 10.5 Å². The molecule has 104 valence electrons. The minimum absolute atomic E-state index is 0.0388. The summed E-state index contributed by atoms with van der Waals surface area (Å²) in [4.78, 5) is 0. The molecule has 1 aliphatic rings. The molecular weight excluding hydrogens is 226 g/mol. The number of hydrogen-bond acceptors (Lipinski definition) is 3. The van der Waals surface area contributed by atoms with Crippen LogP contribution in [-0.4, -0.2) is 30.0 Å². The van der Waals surface area contributed by atoms with Crippen molar-refractivity contribution in [2.45, 2.75) is 57.1 Å². The Hall–Kier alpha value is -0.640. The molecule has 3 N–H and O–H groups in total. The van der Waals surface area contributed by atoms with E-state index in [1.165, 1.54) is 12.8 Å². The zero-order valence-electron chi connectivity index (χ0n) is 11.5. The SMILES string of the molecule is C=C(/C=C\C)CCC(N)(CO)COC1CCCC1. The van der Waals surface area contributed by atoms with Crippen molar-refractivity contribution in [3.8, 4) is 0 Å². The van der Waals surface area contributed by atoms with Crippen molar-refractivity contribution in [3.63, 3.8) is 0 Å². The molecule has 0 spiro atoms. The Labute approximate surface area is 111 Å². The average Bonchev–Trinajstić information content (AvgIpc) is 2.88. The zero-order chi connectivity index (χ0) is 13.4. The van der Waals surface area contributed by atoms with Gasteiger partial charge < -0.3 is 15.6 Å². The van der Waals surface area contributed by atoms with E-state index in [1.54, 1.807) is 0 Å². The van der Waals surface area contributed by atoms with Crippen molar-refractivity contribution in [3.05, 3.63) is 24.3 Å². The summed E-state index contributed by atoms with van der Waals surface area (Å²) in [5, 5.41) is 9.45. The highest BCUT2D eigenvalue weighted by Gasteiger charge is 2.26. The van der Waals surface area contributed by atoms with Crippen LogP contribution in [0.25, 0.3) is 0 Å². The maximum Gasteiger partial charge on any atom is 0.0672 e. The number of nitrogens with two attached hydrogens (primary N) is 1. The lowest BCUT2D eigenvalue weighted by molar-refractivity contribution is 0.00419. The average molecular weight is 253 g/mol. The molecule has 1 rings (SSSR count). The van der Waals surface area contributed by atoms with Crippen LogP contribution in [0.15, 0.2) is 24.3 Å². The highest BCUT2D eigenvalue weighted by atomic mass is 16.5. The van der Waals surface area contributed by atoms with Crippen LogP contribution in [0.3, 0.4) is 0 Å². The van der Waals surface area contributed by atoms with E-state index >= 15 is 0 Å². The van der Waals surface area contributed by atoms with E-state index in [0.717, 1.165) is 24.8 Å². The van der Waals surface area contributed by atoms with Crippen LogP contribution in [-0.2, 0) is 4.74 Å². The van der Waals surface area contributed by atoms with E-state index in [2.05, 4.69) is 6.58 Å². The summed E-state index contributed by atoms with van der Waals surface area (Å²) in [6, 6.07) is 0. The molecule has 0 heterocycles. The molecule has 0 aromatic rings. The van der Waals surface area contributed by atoms with E-state index < -0.39 is 5.54 Å². The Morgan fingerprint density at radius 1 is 1.50 bits per heavy atom. The summed E-state index contributed by atoms with van der Waals surface area (Å²) in [5.74, 6) is 0. The molecular formula is C15H27NO2. The van der Waals surface area contributed by atoms with Gasteiger partial charge in [-0.25, -0.2) is 0 Å². The quantitative estimate of drug-likeness (QED) is 0.654. The van der Waals surface area contributed by atoms with Gasteiger partial charge in [-0.05, 0) is 32.6 Å². The van der Waals surface area contributed by atoms with Gasteiger partial charge in [0.15, 0.2) is 0 Å². The third-order valence-electron chi connectivity index (χ3n) is 3.57. The van der Waals surface area contributed by atoms with Gasteiger partial charge in [-0.15, -0.1) is 0 Å². The van der Waals surface area contributed by atoms with E-state index in [0.29, 0.717) is 19.1 Å². The molecule has 1 fully saturated rings. The first-order chi connectivity index (χ1) is 8.59. The van der Waals surface area contributed by atoms with Crippen LogP contribution >= 0.6 is 0 Å². The first-order valence-corrected chi connectivity index (χ1v) is 6.91. The highest BCUT2D eigenvalue weighted by Crippen LogP contribution is 2.23. The molecule has 1 saturated carbocycles. The van der Waals surface area contributed by atoms with E-state index in [1.807, 2.05) is 19.1 Å². The number of rotatable bonds is 8. The van der Waals surface area contributed by atoms with Crippen molar-refractivity contribution in [2.75, 3.05) is 13.2 Å². The van der Waals surface area contributed by atoms with Gasteiger partial charge in [0.1, 0.15) is 0 Å². The largest absolute Gasteiger partial charge is 0.394 e. The molecule has 0 bridgehead atoms. The molecule has 0 radical (unpaired) electrons. The Balaban J connectivity index is 2.33. The van der Waals surface area contributed by atoms with Gasteiger partial charge in [0.25, 0.3) is 0 Å². The summed E-state index contributed by atoms with van der Waals surface area (Å²) in [6.45, 7) is 6.33. The summed E-state index contributed by atoms with van der Waals surface area (Å²) in [5.41, 5.74) is 6.59. The Morgan fingerprint density at radius 3 is 2.72 bits per heavy atom. The predicted octanol–water partition coefficient (Wildman–Crippen LogP) is 2.55. The molecule has 1 atom stereocenters. The second kappa shape index (κ2) is 7.72. The molecule has 0 aromatic carbocycles. The lowest BCUT2D eigenvalue weighted by atomic mass is 9.94. The molecule has 0 saturated heterocycles. The molecule has 1 aliphatic carbocycles. The predicted molar refractivity (Wildman–Crippen MR) is 75.4 cm³/mol. The summed E-state index contributed by atoms with van der Waals surface area (Å²) >= 11 is 0. The molecule has 0 aromatic heterocycles. The second-order valence-electron chi connectivity index (χ2n) is 5.40. The Morgan fingerprint density at radius 2 is 2.17 bits per heavy atom. The fraction of sp³-hybridized carbons (Fsp3) is 0.733. The highest BCUT2D eigenvalue weighted by molar-refractivity contribution is 5.14. The zero-order valence-corrected chi connectivity index (χ0v) is 11.5. The molecule has 0 amide bonds. The van der Waals surface area contributed by atoms with Crippen molar-refractivity contribution in [2.24, 2.45) is 5.73 Å². The minimum Gasteiger partial charge on any atom is -0.394 e. The number of aliphatic hydroxyl groups excluding tert-OH is 1. The van der Waals surface area contributed by atoms with Gasteiger partial charge in [-0.1, -0.05) is 37.1 Å². The standard InChI is InChI=1S/C15H27NO2/c1-3-6-13(2)9-10-15(16,11-17)12-18-14-7-4-5-8-14/h3,6,14,17H,2,4-5,7-12,16H2,1H3/b6-3-. The first kappa shape index (κ1) is 15.4. The van der Waals surface area contributed by atoms with E-state index in [9.17, 15) is 5.11 Å². The minimum atomic E-state index is -0.632. The molecule has 3 heteroatoms. The van der Waals surface area contributed by atoms with Gasteiger partial charge >= 0.3 is 0 Å². The third kappa shape index (κ3) is 5.34.